The molecule has 3 nitrogen and oxygen atoms in total. The molecule has 0 aliphatic rings. The first-order chi connectivity index (χ1) is 9.97. The van der Waals surface area contributed by atoms with Crippen molar-refractivity contribution in [3.05, 3.63) is 0 Å². The summed E-state index contributed by atoms with van der Waals surface area (Å²) in [6, 6.07) is 3.68. The minimum atomic E-state index is -1.48. The van der Waals surface area contributed by atoms with Crippen LogP contribution in [-0.2, 0) is 12.7 Å². The molecule has 0 saturated carbocycles. The van der Waals surface area contributed by atoms with E-state index in [1.165, 1.54) is 24.6 Å². The van der Waals surface area contributed by atoms with Crippen molar-refractivity contribution in [2.24, 2.45) is 0 Å². The average molecular weight is 393 g/mol. The molecule has 0 saturated heterocycles. The standard InChI is InChI=1S/C14H36O3Si5/c1-18-16-21(5,6)14-10-12-19-17-22(7,8)13-9-11-15-20(2,3)4/h9-14H2,1-8H3. The van der Waals surface area contributed by atoms with Crippen LogP contribution in [0, 0.1) is 0 Å². The summed E-state index contributed by atoms with van der Waals surface area (Å²) < 4.78 is 18.1. The summed E-state index contributed by atoms with van der Waals surface area (Å²) in [4.78, 5) is 0. The maximum absolute atomic E-state index is 6.24. The minimum Gasteiger partial charge on any atom is -0.456 e. The second-order valence-corrected chi connectivity index (χ2v) is 23.4. The predicted molar refractivity (Wildman–Crippen MR) is 107 cm³/mol. The maximum atomic E-state index is 6.24. The molecule has 0 aromatic rings. The van der Waals surface area contributed by atoms with E-state index in [1.54, 1.807) is 0 Å². The first-order valence-electron chi connectivity index (χ1n) is 8.37. The predicted octanol–water partition coefficient (Wildman–Crippen LogP) is 4.77. The Labute approximate surface area is 147 Å². The lowest BCUT2D eigenvalue weighted by Crippen LogP contribution is -2.34. The third kappa shape index (κ3) is 14.5. The van der Waals surface area contributed by atoms with Crippen molar-refractivity contribution in [1.29, 1.82) is 0 Å². The lowest BCUT2D eigenvalue weighted by molar-refractivity contribution is 0.309. The molecule has 22 heavy (non-hydrogen) atoms. The highest BCUT2D eigenvalue weighted by Crippen LogP contribution is 2.17. The van der Waals surface area contributed by atoms with E-state index in [1.807, 2.05) is 0 Å². The largest absolute Gasteiger partial charge is 0.456 e. The Bertz CT molecular complexity index is 293. The number of hydrogen-bond acceptors (Lipinski definition) is 3. The van der Waals surface area contributed by atoms with Crippen LogP contribution in [0.3, 0.4) is 0 Å². The van der Waals surface area contributed by atoms with Crippen molar-refractivity contribution in [1.82, 2.24) is 0 Å². The Hall–Kier alpha value is 0.964. The summed E-state index contributed by atoms with van der Waals surface area (Å²) in [7, 11) is -2.90. The van der Waals surface area contributed by atoms with Crippen molar-refractivity contribution in [2.45, 2.75) is 83.4 Å². The first-order valence-corrected chi connectivity index (χ1v) is 20.5. The van der Waals surface area contributed by atoms with Crippen LogP contribution in [0.1, 0.15) is 12.8 Å². The lowest BCUT2D eigenvalue weighted by atomic mass is 10.5. The van der Waals surface area contributed by atoms with Gasteiger partial charge >= 0.3 is 0 Å². The summed E-state index contributed by atoms with van der Waals surface area (Å²) in [6.07, 6.45) is 2.41. The summed E-state index contributed by atoms with van der Waals surface area (Å²) in [5, 5.41) is 0. The maximum Gasteiger partial charge on any atom is 0.215 e. The molecule has 0 fully saturated rings. The third-order valence-electron chi connectivity index (χ3n) is 3.24. The van der Waals surface area contributed by atoms with Gasteiger partial charge in [-0.25, -0.2) is 0 Å². The van der Waals surface area contributed by atoms with Crippen LogP contribution in [0.4, 0.5) is 0 Å². The summed E-state index contributed by atoms with van der Waals surface area (Å²) in [6.45, 7) is 19.1. The zero-order valence-corrected chi connectivity index (χ0v) is 21.0. The highest BCUT2D eigenvalue weighted by Gasteiger charge is 2.24. The SMILES string of the molecule is C[Si]O[Si](C)(C)CCC[Si]O[Si](C)(C)CCCO[Si](C)(C)C. The van der Waals surface area contributed by atoms with Crippen LogP contribution < -0.4 is 0 Å². The van der Waals surface area contributed by atoms with Gasteiger partial charge in [-0.15, -0.1) is 0 Å². The van der Waals surface area contributed by atoms with Crippen molar-refractivity contribution in [3.8, 4) is 0 Å². The molecule has 130 valence electrons. The van der Waals surface area contributed by atoms with Crippen LogP contribution in [0.2, 0.25) is 70.5 Å². The van der Waals surface area contributed by atoms with E-state index in [4.69, 9.17) is 12.7 Å². The number of hydrogen-bond donors (Lipinski definition) is 0. The smallest absolute Gasteiger partial charge is 0.215 e. The average Bonchev–Trinajstić information content (AvgIpc) is 2.33. The van der Waals surface area contributed by atoms with Gasteiger partial charge in [-0.1, -0.05) is 6.42 Å². The summed E-state index contributed by atoms with van der Waals surface area (Å²) in [5.41, 5.74) is 0. The molecular weight excluding hydrogens is 357 g/mol. The van der Waals surface area contributed by atoms with Crippen LogP contribution in [0.15, 0.2) is 0 Å². The minimum absolute atomic E-state index is 0.638. The fourth-order valence-corrected chi connectivity index (χ4v) is 10.5. The second kappa shape index (κ2) is 10.8. The van der Waals surface area contributed by atoms with Gasteiger partial charge < -0.3 is 12.7 Å². The van der Waals surface area contributed by atoms with Gasteiger partial charge in [0.2, 0.25) is 19.5 Å². The van der Waals surface area contributed by atoms with Gasteiger partial charge in [0.25, 0.3) is 0 Å². The molecule has 0 unspecified atom stereocenters. The number of rotatable bonds is 13. The van der Waals surface area contributed by atoms with E-state index < -0.39 is 25.0 Å². The third-order valence-corrected chi connectivity index (χ3v) is 13.8. The van der Waals surface area contributed by atoms with Gasteiger partial charge in [-0.3, -0.25) is 0 Å². The molecule has 0 aliphatic carbocycles. The topological polar surface area (TPSA) is 27.7 Å². The van der Waals surface area contributed by atoms with Gasteiger partial charge in [0.15, 0.2) is 25.0 Å². The summed E-state index contributed by atoms with van der Waals surface area (Å²) >= 11 is 0. The molecule has 0 heterocycles. The van der Waals surface area contributed by atoms with E-state index in [-0.39, 0.29) is 0 Å². The molecule has 0 rings (SSSR count). The first kappa shape index (κ1) is 23.0. The van der Waals surface area contributed by atoms with Crippen molar-refractivity contribution >= 4 is 44.5 Å². The molecule has 0 N–H and O–H groups in total. The highest BCUT2D eigenvalue weighted by atomic mass is 28.4. The Morgan fingerprint density at radius 1 is 0.773 bits per heavy atom. The lowest BCUT2D eigenvalue weighted by Gasteiger charge is -2.25. The van der Waals surface area contributed by atoms with Gasteiger partial charge in [0.1, 0.15) is 0 Å². The molecule has 0 aromatic carbocycles. The Morgan fingerprint density at radius 3 is 1.86 bits per heavy atom. The van der Waals surface area contributed by atoms with Crippen LogP contribution in [-0.4, -0.2) is 51.1 Å². The molecule has 0 spiro atoms. The second-order valence-electron chi connectivity index (χ2n) is 7.99. The molecule has 0 atom stereocenters. The fraction of sp³-hybridized carbons (Fsp3) is 1.00. The quantitative estimate of drug-likeness (QED) is 0.334. The van der Waals surface area contributed by atoms with E-state index >= 15 is 0 Å². The van der Waals surface area contributed by atoms with E-state index in [9.17, 15) is 0 Å². The van der Waals surface area contributed by atoms with Crippen molar-refractivity contribution < 1.29 is 12.7 Å². The van der Waals surface area contributed by atoms with E-state index in [0.717, 1.165) is 13.0 Å². The summed E-state index contributed by atoms with van der Waals surface area (Å²) in [5.74, 6) is 0. The zero-order chi connectivity index (χ0) is 17.3. The molecule has 0 aliphatic heterocycles. The normalized spacial score (nSPS) is 13.6. The van der Waals surface area contributed by atoms with Crippen LogP contribution in [0.25, 0.3) is 0 Å². The molecule has 0 amide bonds. The monoisotopic (exact) mass is 392 g/mol. The van der Waals surface area contributed by atoms with Crippen molar-refractivity contribution in [2.75, 3.05) is 6.61 Å². The Kier molecular flexibility index (Phi) is 11.2. The fourth-order valence-electron chi connectivity index (χ4n) is 2.09. The Morgan fingerprint density at radius 2 is 1.32 bits per heavy atom. The molecule has 0 bridgehead atoms. The Balaban J connectivity index is 3.71. The van der Waals surface area contributed by atoms with Crippen molar-refractivity contribution in [3.63, 3.8) is 0 Å². The van der Waals surface area contributed by atoms with Gasteiger partial charge in [0.05, 0.1) is 0 Å². The molecule has 4 radical (unpaired) electrons. The molecule has 0 aromatic heterocycles. The zero-order valence-electron chi connectivity index (χ0n) is 16.0. The molecule has 8 heteroatoms. The van der Waals surface area contributed by atoms with Gasteiger partial charge in [-0.05, 0) is 76.9 Å². The molecular formula is C14H36O3Si5. The van der Waals surface area contributed by atoms with E-state index in [0.29, 0.717) is 19.5 Å². The van der Waals surface area contributed by atoms with E-state index in [2.05, 4.69) is 52.4 Å². The van der Waals surface area contributed by atoms with Gasteiger partial charge in [0, 0.05) is 6.61 Å². The van der Waals surface area contributed by atoms with Crippen LogP contribution >= 0.6 is 0 Å². The van der Waals surface area contributed by atoms with Gasteiger partial charge in [-0.2, -0.15) is 0 Å². The highest BCUT2D eigenvalue weighted by molar-refractivity contribution is 6.75. The van der Waals surface area contributed by atoms with Crippen LogP contribution in [0.5, 0.6) is 0 Å².